The fourth-order valence-electron chi connectivity index (χ4n) is 3.23. The SMILES string of the molecule is C/C=C1\CC(CN(C)c2c(F)cc(CCN)cc2Cl)N1C(=O)OC(C)(C)C. The second-order valence-electron chi connectivity index (χ2n) is 7.82. The van der Waals surface area contributed by atoms with Crippen molar-refractivity contribution in [2.45, 2.75) is 52.2 Å². The summed E-state index contributed by atoms with van der Waals surface area (Å²) in [7, 11) is 1.77. The van der Waals surface area contributed by atoms with Gasteiger partial charge in [-0.25, -0.2) is 9.18 Å². The third-order valence-corrected chi connectivity index (χ3v) is 4.71. The summed E-state index contributed by atoms with van der Waals surface area (Å²) in [5, 5.41) is 0.343. The van der Waals surface area contributed by atoms with E-state index >= 15 is 0 Å². The Kier molecular flexibility index (Phi) is 6.76. The lowest BCUT2D eigenvalue weighted by atomic mass is 9.97. The van der Waals surface area contributed by atoms with Gasteiger partial charge >= 0.3 is 6.09 Å². The Morgan fingerprint density at radius 2 is 2.15 bits per heavy atom. The zero-order valence-corrected chi connectivity index (χ0v) is 17.4. The number of nitrogens with two attached hydrogens (primary N) is 1. The summed E-state index contributed by atoms with van der Waals surface area (Å²) in [5.41, 5.74) is 6.97. The molecule has 1 aliphatic rings. The molecule has 5 nitrogen and oxygen atoms in total. The van der Waals surface area contributed by atoms with Crippen LogP contribution in [-0.2, 0) is 11.2 Å². The van der Waals surface area contributed by atoms with Gasteiger partial charge in [-0.2, -0.15) is 0 Å². The molecule has 0 aromatic heterocycles. The monoisotopic (exact) mass is 397 g/mol. The van der Waals surface area contributed by atoms with E-state index in [-0.39, 0.29) is 18.0 Å². The van der Waals surface area contributed by atoms with Crippen LogP contribution < -0.4 is 10.6 Å². The summed E-state index contributed by atoms with van der Waals surface area (Å²) in [6.07, 6.45) is 2.81. The van der Waals surface area contributed by atoms with Gasteiger partial charge in [0, 0.05) is 25.7 Å². The van der Waals surface area contributed by atoms with Gasteiger partial charge in [-0.1, -0.05) is 17.7 Å². The van der Waals surface area contributed by atoms with Crippen molar-refractivity contribution in [2.24, 2.45) is 5.73 Å². The van der Waals surface area contributed by atoms with Crippen molar-refractivity contribution in [3.8, 4) is 0 Å². The predicted molar refractivity (Wildman–Crippen MR) is 108 cm³/mol. The van der Waals surface area contributed by atoms with Crippen LogP contribution in [0.5, 0.6) is 0 Å². The second-order valence-corrected chi connectivity index (χ2v) is 8.22. The molecule has 1 unspecified atom stereocenters. The van der Waals surface area contributed by atoms with Crippen molar-refractivity contribution < 1.29 is 13.9 Å². The Bertz CT molecular complexity index is 707. The van der Waals surface area contributed by atoms with E-state index in [1.54, 1.807) is 22.9 Å². The largest absolute Gasteiger partial charge is 0.443 e. The molecule has 1 atom stereocenters. The minimum atomic E-state index is -0.573. The van der Waals surface area contributed by atoms with E-state index in [0.717, 1.165) is 17.7 Å². The van der Waals surface area contributed by atoms with Gasteiger partial charge in [-0.3, -0.25) is 4.90 Å². The Morgan fingerprint density at radius 3 is 2.67 bits per heavy atom. The van der Waals surface area contributed by atoms with Gasteiger partial charge in [0.05, 0.1) is 16.8 Å². The van der Waals surface area contributed by atoms with Gasteiger partial charge in [0.15, 0.2) is 0 Å². The highest BCUT2D eigenvalue weighted by Crippen LogP contribution is 2.35. The van der Waals surface area contributed by atoms with Crippen LogP contribution in [0.2, 0.25) is 5.02 Å². The molecule has 2 N–H and O–H groups in total. The average molecular weight is 398 g/mol. The third kappa shape index (κ3) is 5.14. The van der Waals surface area contributed by atoms with Gasteiger partial charge in [-0.15, -0.1) is 0 Å². The number of rotatable bonds is 5. The van der Waals surface area contributed by atoms with Crippen LogP contribution in [0.15, 0.2) is 23.9 Å². The molecule has 0 radical (unpaired) electrons. The zero-order chi connectivity index (χ0) is 20.4. The smallest absolute Gasteiger partial charge is 0.414 e. The van der Waals surface area contributed by atoms with Crippen molar-refractivity contribution in [1.29, 1.82) is 0 Å². The highest BCUT2D eigenvalue weighted by Gasteiger charge is 2.40. The molecule has 1 heterocycles. The molecule has 0 aliphatic carbocycles. The van der Waals surface area contributed by atoms with Gasteiger partial charge < -0.3 is 15.4 Å². The topological polar surface area (TPSA) is 58.8 Å². The first-order valence-corrected chi connectivity index (χ1v) is 9.51. The van der Waals surface area contributed by atoms with E-state index in [4.69, 9.17) is 22.1 Å². The number of nitrogens with zero attached hydrogens (tertiary/aromatic N) is 2. The van der Waals surface area contributed by atoms with Crippen LogP contribution >= 0.6 is 11.6 Å². The molecular formula is C20H29ClFN3O2. The number of allylic oxidation sites excluding steroid dienone is 1. The summed E-state index contributed by atoms with van der Waals surface area (Å²) < 4.78 is 20.1. The van der Waals surface area contributed by atoms with E-state index in [2.05, 4.69) is 0 Å². The maximum Gasteiger partial charge on any atom is 0.414 e. The number of ether oxygens (including phenoxy) is 1. The van der Waals surface area contributed by atoms with E-state index < -0.39 is 5.60 Å². The van der Waals surface area contributed by atoms with E-state index in [9.17, 15) is 9.18 Å². The Morgan fingerprint density at radius 1 is 1.48 bits per heavy atom. The maximum absolute atomic E-state index is 14.6. The molecule has 1 aromatic carbocycles. The van der Waals surface area contributed by atoms with Crippen molar-refractivity contribution in [1.82, 2.24) is 4.90 Å². The average Bonchev–Trinajstić information content (AvgIpc) is 2.48. The number of anilines is 1. The molecule has 0 saturated carbocycles. The normalized spacial score (nSPS) is 18.4. The van der Waals surface area contributed by atoms with Gasteiger partial charge in [0.1, 0.15) is 11.4 Å². The van der Waals surface area contributed by atoms with Gasteiger partial charge in [-0.05, 0) is 58.4 Å². The first kappa shape index (κ1) is 21.5. The molecule has 150 valence electrons. The van der Waals surface area contributed by atoms with Crippen LogP contribution in [0, 0.1) is 5.82 Å². The molecule has 2 rings (SSSR count). The quantitative estimate of drug-likeness (QED) is 0.803. The molecule has 27 heavy (non-hydrogen) atoms. The molecule has 1 aliphatic heterocycles. The second kappa shape index (κ2) is 8.48. The zero-order valence-electron chi connectivity index (χ0n) is 16.7. The van der Waals surface area contributed by atoms with Gasteiger partial charge in [0.25, 0.3) is 0 Å². The number of likely N-dealkylation sites (N-methyl/N-ethyl adjacent to an activating group) is 1. The number of likely N-dealkylation sites (tertiary alicyclic amines) is 1. The first-order valence-electron chi connectivity index (χ1n) is 9.14. The number of carbonyl (C=O) groups is 1. The summed E-state index contributed by atoms with van der Waals surface area (Å²) in [4.78, 5) is 15.9. The number of carbonyl (C=O) groups excluding carboxylic acids is 1. The van der Waals surface area contributed by atoms with Crippen LogP contribution in [0.3, 0.4) is 0 Å². The van der Waals surface area contributed by atoms with Crippen LogP contribution in [0.1, 0.15) is 39.7 Å². The fourth-order valence-corrected chi connectivity index (χ4v) is 3.61. The Hall–Kier alpha value is -1.79. The predicted octanol–water partition coefficient (Wildman–Crippen LogP) is 4.33. The lowest BCUT2D eigenvalue weighted by molar-refractivity contribution is 0.0117. The van der Waals surface area contributed by atoms with Gasteiger partial charge in [0.2, 0.25) is 0 Å². The number of amides is 1. The highest BCUT2D eigenvalue weighted by molar-refractivity contribution is 6.33. The molecule has 0 bridgehead atoms. The maximum atomic E-state index is 14.6. The van der Waals surface area contributed by atoms with Crippen molar-refractivity contribution in [3.63, 3.8) is 0 Å². The van der Waals surface area contributed by atoms with E-state index in [0.29, 0.717) is 30.2 Å². The highest BCUT2D eigenvalue weighted by atomic mass is 35.5. The summed E-state index contributed by atoms with van der Waals surface area (Å²) >= 11 is 6.31. The number of benzene rings is 1. The van der Waals surface area contributed by atoms with Crippen molar-refractivity contribution in [2.75, 3.05) is 25.0 Å². The lowest BCUT2D eigenvalue weighted by Crippen LogP contribution is -2.55. The lowest BCUT2D eigenvalue weighted by Gasteiger charge is -2.45. The molecular weight excluding hydrogens is 369 g/mol. The molecule has 7 heteroatoms. The number of halogens is 2. The Labute approximate surface area is 165 Å². The summed E-state index contributed by atoms with van der Waals surface area (Å²) in [5.74, 6) is -0.386. The van der Waals surface area contributed by atoms with Crippen molar-refractivity contribution in [3.05, 3.63) is 40.3 Å². The van der Waals surface area contributed by atoms with E-state index in [1.165, 1.54) is 6.07 Å². The van der Waals surface area contributed by atoms with Crippen LogP contribution in [0.25, 0.3) is 0 Å². The van der Waals surface area contributed by atoms with Crippen molar-refractivity contribution >= 4 is 23.4 Å². The third-order valence-electron chi connectivity index (χ3n) is 4.42. The molecule has 1 saturated heterocycles. The summed E-state index contributed by atoms with van der Waals surface area (Å²) in [6, 6.07) is 3.11. The number of hydrogen-bond donors (Lipinski definition) is 1. The van der Waals surface area contributed by atoms with E-state index in [1.807, 2.05) is 33.8 Å². The molecule has 1 aromatic rings. The fraction of sp³-hybridized carbons (Fsp3) is 0.550. The minimum Gasteiger partial charge on any atom is -0.443 e. The summed E-state index contributed by atoms with van der Waals surface area (Å²) in [6.45, 7) is 8.27. The Balaban J connectivity index is 2.15. The number of hydrogen-bond acceptors (Lipinski definition) is 4. The first-order chi connectivity index (χ1) is 12.6. The molecule has 1 amide bonds. The molecule has 0 spiro atoms. The van der Waals surface area contributed by atoms with Crippen LogP contribution in [-0.4, -0.2) is 42.8 Å². The molecule has 1 fully saturated rings. The minimum absolute atomic E-state index is 0.102. The standard InChI is InChI=1S/C20H29ClFN3O2/c1-6-14-11-15(25(14)19(26)27-20(2,3)4)12-24(5)18-16(21)9-13(7-8-23)10-17(18)22/h6,9-10,15H,7-8,11-12,23H2,1-5H3/b14-6+. The van der Waals surface area contributed by atoms with Crippen LogP contribution in [0.4, 0.5) is 14.9 Å².